The van der Waals surface area contributed by atoms with Crippen LogP contribution in [0.25, 0.3) is 6.08 Å². The van der Waals surface area contributed by atoms with Crippen molar-refractivity contribution in [2.45, 2.75) is 0 Å². The van der Waals surface area contributed by atoms with Crippen LogP contribution in [-0.2, 0) is 4.79 Å². The molecule has 1 aliphatic heterocycles. The Bertz CT molecular complexity index is 880. The number of carbonyl (C=O) groups is 1. The highest BCUT2D eigenvalue weighted by atomic mass is 35.5. The van der Waals surface area contributed by atoms with Crippen LogP contribution in [0.1, 0.15) is 5.56 Å². The van der Waals surface area contributed by atoms with Crippen LogP contribution < -0.4 is 14.8 Å². The summed E-state index contributed by atoms with van der Waals surface area (Å²) in [6.45, 7) is 0. The van der Waals surface area contributed by atoms with Gasteiger partial charge in [0.05, 0.1) is 24.8 Å². The van der Waals surface area contributed by atoms with Gasteiger partial charge in [0.25, 0.3) is 5.91 Å². The first kappa shape index (κ1) is 17.4. The van der Waals surface area contributed by atoms with Gasteiger partial charge in [-0.3, -0.25) is 4.79 Å². The number of ether oxygens (including phenoxy) is 2. The van der Waals surface area contributed by atoms with Crippen LogP contribution >= 0.6 is 23.4 Å². The summed E-state index contributed by atoms with van der Waals surface area (Å²) < 4.78 is 10.7. The number of hydrogen-bond acceptors (Lipinski definition) is 5. The lowest BCUT2D eigenvalue weighted by Gasteiger charge is -2.10. The van der Waals surface area contributed by atoms with Gasteiger partial charge in [0.1, 0.15) is 0 Å². The molecule has 0 saturated carbocycles. The van der Waals surface area contributed by atoms with Crippen LogP contribution in [0.4, 0.5) is 5.69 Å². The molecule has 5 nitrogen and oxygen atoms in total. The Labute approximate surface area is 154 Å². The molecule has 0 atom stereocenters. The number of rotatable bonds is 4. The molecular formula is C18H15ClN2O3S. The normalized spacial score (nSPS) is 17.0. The van der Waals surface area contributed by atoms with Crippen molar-refractivity contribution in [3.63, 3.8) is 0 Å². The first-order valence-electron chi connectivity index (χ1n) is 7.37. The van der Waals surface area contributed by atoms with E-state index in [1.165, 1.54) is 11.8 Å². The van der Waals surface area contributed by atoms with E-state index in [1.807, 2.05) is 18.2 Å². The third-order valence-electron chi connectivity index (χ3n) is 3.41. The Morgan fingerprint density at radius 1 is 1.16 bits per heavy atom. The standard InChI is InChI=1S/C18H15ClN2O3S/c1-23-14-8-3-5-11(16(14)24-2)9-15-17(22)21-18(25-15)20-13-7-4-6-12(19)10-13/h3-10H,1-2H3,(H,20,21,22)/b15-9-. The number of benzene rings is 2. The number of carbonyl (C=O) groups excluding carboxylic acids is 1. The van der Waals surface area contributed by atoms with Gasteiger partial charge in [-0.05, 0) is 42.1 Å². The zero-order valence-corrected chi connectivity index (χ0v) is 15.1. The molecule has 1 fully saturated rings. The molecule has 3 rings (SSSR count). The van der Waals surface area contributed by atoms with E-state index >= 15 is 0 Å². The Morgan fingerprint density at radius 3 is 2.68 bits per heavy atom. The Kier molecular flexibility index (Phi) is 5.31. The quantitative estimate of drug-likeness (QED) is 0.813. The summed E-state index contributed by atoms with van der Waals surface area (Å²) in [6.07, 6.45) is 1.75. The second-order valence-corrected chi connectivity index (χ2v) is 6.51. The number of hydrogen-bond donors (Lipinski definition) is 1. The fourth-order valence-corrected chi connectivity index (χ4v) is 3.33. The van der Waals surface area contributed by atoms with Gasteiger partial charge in [0.15, 0.2) is 16.7 Å². The molecule has 0 bridgehead atoms. The number of aliphatic imine (C=N–C) groups is 1. The Hall–Kier alpha value is -2.44. The third kappa shape index (κ3) is 3.97. The van der Waals surface area contributed by atoms with Crippen LogP contribution in [0.3, 0.4) is 0 Å². The summed E-state index contributed by atoms with van der Waals surface area (Å²) in [6, 6.07) is 12.6. The fourth-order valence-electron chi connectivity index (χ4n) is 2.31. The predicted octanol–water partition coefficient (Wildman–Crippen LogP) is 4.25. The van der Waals surface area contributed by atoms with Crippen molar-refractivity contribution in [1.82, 2.24) is 5.32 Å². The van der Waals surface area contributed by atoms with E-state index < -0.39 is 0 Å². The van der Waals surface area contributed by atoms with Crippen molar-refractivity contribution in [2.75, 3.05) is 14.2 Å². The van der Waals surface area contributed by atoms with Crippen molar-refractivity contribution in [2.24, 2.45) is 4.99 Å². The van der Waals surface area contributed by atoms with Crippen molar-refractivity contribution in [3.8, 4) is 11.5 Å². The largest absolute Gasteiger partial charge is 0.493 e. The van der Waals surface area contributed by atoms with Gasteiger partial charge >= 0.3 is 0 Å². The number of thioether (sulfide) groups is 1. The van der Waals surface area contributed by atoms with Gasteiger partial charge in [-0.1, -0.05) is 29.8 Å². The first-order chi connectivity index (χ1) is 12.1. The predicted molar refractivity (Wildman–Crippen MR) is 102 cm³/mol. The molecule has 1 N–H and O–H groups in total. The lowest BCUT2D eigenvalue weighted by atomic mass is 10.1. The lowest BCUT2D eigenvalue weighted by molar-refractivity contribution is -0.115. The summed E-state index contributed by atoms with van der Waals surface area (Å²) in [4.78, 5) is 17.1. The number of nitrogens with zero attached hydrogens (tertiary/aromatic N) is 1. The molecule has 128 valence electrons. The second kappa shape index (κ2) is 7.63. The van der Waals surface area contributed by atoms with E-state index in [1.54, 1.807) is 44.6 Å². The SMILES string of the molecule is COc1cccc(/C=C2\SC(=Nc3cccc(Cl)c3)NC2=O)c1OC. The number of nitrogens with one attached hydrogen (secondary N) is 1. The average Bonchev–Trinajstić information content (AvgIpc) is 2.93. The topological polar surface area (TPSA) is 59.9 Å². The van der Waals surface area contributed by atoms with E-state index in [0.717, 1.165) is 5.56 Å². The van der Waals surface area contributed by atoms with Crippen LogP contribution in [-0.4, -0.2) is 25.3 Å². The minimum Gasteiger partial charge on any atom is -0.493 e. The maximum atomic E-state index is 12.2. The van der Waals surface area contributed by atoms with E-state index in [-0.39, 0.29) is 5.91 Å². The van der Waals surface area contributed by atoms with Crippen molar-refractivity contribution >= 4 is 46.2 Å². The molecule has 0 radical (unpaired) electrons. The fraction of sp³-hybridized carbons (Fsp3) is 0.111. The van der Waals surface area contributed by atoms with E-state index in [2.05, 4.69) is 10.3 Å². The molecule has 0 aliphatic carbocycles. The minimum atomic E-state index is -0.212. The molecule has 25 heavy (non-hydrogen) atoms. The van der Waals surface area contributed by atoms with Crippen LogP contribution in [0.2, 0.25) is 5.02 Å². The summed E-state index contributed by atoms with van der Waals surface area (Å²) >= 11 is 7.21. The molecular weight excluding hydrogens is 360 g/mol. The highest BCUT2D eigenvalue weighted by molar-refractivity contribution is 8.18. The molecule has 2 aromatic rings. The zero-order valence-electron chi connectivity index (χ0n) is 13.6. The Balaban J connectivity index is 1.90. The molecule has 1 aliphatic rings. The van der Waals surface area contributed by atoms with Gasteiger partial charge in [-0.2, -0.15) is 0 Å². The molecule has 0 spiro atoms. The summed E-state index contributed by atoms with van der Waals surface area (Å²) in [7, 11) is 3.13. The molecule has 0 aromatic heterocycles. The van der Waals surface area contributed by atoms with Gasteiger partial charge < -0.3 is 14.8 Å². The molecule has 7 heteroatoms. The second-order valence-electron chi connectivity index (χ2n) is 5.04. The van der Waals surface area contributed by atoms with E-state index in [0.29, 0.717) is 32.3 Å². The summed E-state index contributed by atoms with van der Waals surface area (Å²) in [5, 5.41) is 3.84. The van der Waals surface area contributed by atoms with E-state index in [4.69, 9.17) is 21.1 Å². The Morgan fingerprint density at radius 2 is 1.96 bits per heavy atom. The highest BCUT2D eigenvalue weighted by Crippen LogP contribution is 2.35. The molecule has 1 amide bonds. The van der Waals surface area contributed by atoms with Gasteiger partial charge in [-0.25, -0.2) is 4.99 Å². The van der Waals surface area contributed by atoms with Gasteiger partial charge in [-0.15, -0.1) is 0 Å². The van der Waals surface area contributed by atoms with E-state index in [9.17, 15) is 4.79 Å². The first-order valence-corrected chi connectivity index (χ1v) is 8.56. The van der Waals surface area contributed by atoms with Crippen molar-refractivity contribution in [1.29, 1.82) is 0 Å². The summed E-state index contributed by atoms with van der Waals surface area (Å²) in [5.41, 5.74) is 1.43. The highest BCUT2D eigenvalue weighted by Gasteiger charge is 2.24. The number of methoxy groups -OCH3 is 2. The lowest BCUT2D eigenvalue weighted by Crippen LogP contribution is -2.19. The van der Waals surface area contributed by atoms with Crippen LogP contribution in [0.15, 0.2) is 52.4 Å². The van der Waals surface area contributed by atoms with Gasteiger partial charge in [0, 0.05) is 10.6 Å². The maximum absolute atomic E-state index is 12.2. The number of amidine groups is 1. The van der Waals surface area contributed by atoms with Crippen molar-refractivity contribution in [3.05, 3.63) is 58.0 Å². The third-order valence-corrected chi connectivity index (χ3v) is 4.55. The monoisotopic (exact) mass is 374 g/mol. The minimum absolute atomic E-state index is 0.212. The number of para-hydroxylation sites is 1. The molecule has 1 saturated heterocycles. The number of amides is 1. The molecule has 1 heterocycles. The van der Waals surface area contributed by atoms with Gasteiger partial charge in [0.2, 0.25) is 0 Å². The smallest absolute Gasteiger partial charge is 0.264 e. The van der Waals surface area contributed by atoms with Crippen molar-refractivity contribution < 1.29 is 14.3 Å². The maximum Gasteiger partial charge on any atom is 0.264 e. The zero-order chi connectivity index (χ0) is 17.8. The average molecular weight is 375 g/mol. The van der Waals surface area contributed by atoms with Crippen LogP contribution in [0.5, 0.6) is 11.5 Å². The molecule has 0 unspecified atom stereocenters. The van der Waals surface area contributed by atoms with Crippen LogP contribution in [0, 0.1) is 0 Å². The summed E-state index contributed by atoms with van der Waals surface area (Å²) in [5.74, 6) is 0.967. The molecule has 2 aromatic carbocycles. The number of halogens is 1.